The lowest BCUT2D eigenvalue weighted by Crippen LogP contribution is -2.33. The lowest BCUT2D eigenvalue weighted by Gasteiger charge is -2.04. The van der Waals surface area contributed by atoms with Gasteiger partial charge in [-0.3, -0.25) is 0 Å². The first-order valence-corrected chi connectivity index (χ1v) is 8.73. The topological polar surface area (TPSA) is 3.88 Å². The van der Waals surface area contributed by atoms with Crippen LogP contribution in [0, 0.1) is 0 Å². The van der Waals surface area contributed by atoms with Crippen LogP contribution < -0.4 is 4.57 Å². The number of aryl methyl sites for hydroxylation is 1. The summed E-state index contributed by atoms with van der Waals surface area (Å²) in [5.74, 6) is 0.630. The van der Waals surface area contributed by atoms with Gasteiger partial charge in [0.25, 0.3) is 0 Å². The van der Waals surface area contributed by atoms with Crippen LogP contribution in [0.25, 0.3) is 0 Å². The number of pyridine rings is 1. The van der Waals surface area contributed by atoms with Crippen molar-refractivity contribution >= 4 is 0 Å². The highest BCUT2D eigenvalue weighted by molar-refractivity contribution is 5.09. The number of unbranched alkanes of at least 4 members (excludes halogenated alkanes) is 8. The first kappa shape index (κ1) is 17.2. The van der Waals surface area contributed by atoms with E-state index in [-0.39, 0.29) is 0 Å². The third-order valence-corrected chi connectivity index (χ3v) is 4.07. The molecule has 1 heteroatoms. The molecule has 0 spiro atoms. The van der Waals surface area contributed by atoms with Crippen LogP contribution in [0.15, 0.2) is 24.5 Å². The number of nitrogens with zero attached hydrogens (tertiary/aromatic N) is 1. The number of rotatable bonds is 11. The van der Waals surface area contributed by atoms with Gasteiger partial charge in [0.2, 0.25) is 0 Å². The van der Waals surface area contributed by atoms with Gasteiger partial charge < -0.3 is 0 Å². The van der Waals surface area contributed by atoms with Crippen LogP contribution in [-0.2, 0) is 6.54 Å². The summed E-state index contributed by atoms with van der Waals surface area (Å²) in [7, 11) is 0. The van der Waals surface area contributed by atoms with E-state index in [0.717, 1.165) is 0 Å². The molecule has 0 unspecified atom stereocenters. The van der Waals surface area contributed by atoms with Crippen molar-refractivity contribution < 1.29 is 4.57 Å². The van der Waals surface area contributed by atoms with E-state index in [4.69, 9.17) is 0 Å². The third kappa shape index (κ3) is 7.67. The predicted octanol–water partition coefficient (Wildman–Crippen LogP) is 5.63. The van der Waals surface area contributed by atoms with Crippen molar-refractivity contribution in [2.75, 3.05) is 0 Å². The maximum atomic E-state index is 2.36. The Morgan fingerprint density at radius 2 is 1.50 bits per heavy atom. The van der Waals surface area contributed by atoms with Gasteiger partial charge in [-0.1, -0.05) is 65.7 Å². The van der Waals surface area contributed by atoms with Crippen molar-refractivity contribution in [3.05, 3.63) is 30.1 Å². The molecule has 1 aromatic heterocycles. The minimum Gasteiger partial charge on any atom is -0.205 e. The van der Waals surface area contributed by atoms with Crippen LogP contribution in [0.4, 0.5) is 0 Å². The van der Waals surface area contributed by atoms with Gasteiger partial charge in [-0.15, -0.1) is 0 Å². The summed E-state index contributed by atoms with van der Waals surface area (Å²) >= 11 is 0. The zero-order valence-corrected chi connectivity index (χ0v) is 13.9. The molecule has 1 aromatic rings. The van der Waals surface area contributed by atoms with Gasteiger partial charge in [0, 0.05) is 18.1 Å². The summed E-state index contributed by atoms with van der Waals surface area (Å²) in [6.45, 7) is 7.98. The Hall–Kier alpha value is -0.850. The SMILES string of the molecule is CCCCCCCCCCC[n+]1cccc(C(C)C)c1. The van der Waals surface area contributed by atoms with Gasteiger partial charge in [-0.05, 0) is 18.4 Å². The summed E-state index contributed by atoms with van der Waals surface area (Å²) < 4.78 is 2.36. The van der Waals surface area contributed by atoms with Gasteiger partial charge in [-0.2, -0.15) is 0 Å². The quantitative estimate of drug-likeness (QED) is 0.364. The molecule has 114 valence electrons. The van der Waals surface area contributed by atoms with Crippen LogP contribution in [0.1, 0.15) is 90.0 Å². The Morgan fingerprint density at radius 1 is 0.900 bits per heavy atom. The smallest absolute Gasteiger partial charge is 0.172 e. The standard InChI is InChI=1S/C19H34N/c1-4-5-6-7-8-9-10-11-12-15-20-16-13-14-19(17-20)18(2)3/h13-14,16-18H,4-12,15H2,1-3H3/q+1. The van der Waals surface area contributed by atoms with E-state index in [0.29, 0.717) is 5.92 Å². The summed E-state index contributed by atoms with van der Waals surface area (Å²) in [6, 6.07) is 4.42. The first-order chi connectivity index (χ1) is 9.74. The van der Waals surface area contributed by atoms with E-state index in [1.54, 1.807) is 0 Å². The minimum atomic E-state index is 0.630. The van der Waals surface area contributed by atoms with Crippen LogP contribution >= 0.6 is 0 Å². The molecule has 0 fully saturated rings. The van der Waals surface area contributed by atoms with Gasteiger partial charge in [0.1, 0.15) is 6.54 Å². The molecule has 0 aliphatic heterocycles. The number of aromatic nitrogens is 1. The molecule has 1 heterocycles. The monoisotopic (exact) mass is 276 g/mol. The molecule has 0 atom stereocenters. The van der Waals surface area contributed by atoms with E-state index in [1.165, 1.54) is 69.9 Å². The highest BCUT2D eigenvalue weighted by Gasteiger charge is 2.05. The Balaban J connectivity index is 2.05. The number of hydrogen-bond donors (Lipinski definition) is 0. The molecule has 0 amide bonds. The van der Waals surface area contributed by atoms with E-state index < -0.39 is 0 Å². The molecule has 20 heavy (non-hydrogen) atoms. The Labute approximate surface area is 126 Å². The molecule has 0 bridgehead atoms. The zero-order valence-electron chi connectivity index (χ0n) is 13.9. The lowest BCUT2D eigenvalue weighted by atomic mass is 10.1. The molecular weight excluding hydrogens is 242 g/mol. The molecule has 1 rings (SSSR count). The van der Waals surface area contributed by atoms with Crippen molar-refractivity contribution in [1.82, 2.24) is 0 Å². The van der Waals surface area contributed by atoms with Gasteiger partial charge >= 0.3 is 0 Å². The molecule has 1 nitrogen and oxygen atoms in total. The zero-order chi connectivity index (χ0) is 14.6. The molecule has 0 N–H and O–H groups in total. The van der Waals surface area contributed by atoms with Crippen LogP contribution in [0.3, 0.4) is 0 Å². The second kappa shape index (κ2) is 10.9. The van der Waals surface area contributed by atoms with Crippen LogP contribution in [0.5, 0.6) is 0 Å². The summed E-state index contributed by atoms with van der Waals surface area (Å²) in [5.41, 5.74) is 1.45. The van der Waals surface area contributed by atoms with Crippen molar-refractivity contribution in [2.45, 2.75) is 91.0 Å². The van der Waals surface area contributed by atoms with Gasteiger partial charge in [0.15, 0.2) is 12.4 Å². The lowest BCUT2D eigenvalue weighted by molar-refractivity contribution is -0.697. The van der Waals surface area contributed by atoms with Crippen LogP contribution in [-0.4, -0.2) is 0 Å². The third-order valence-electron chi connectivity index (χ3n) is 4.07. The van der Waals surface area contributed by atoms with Crippen molar-refractivity contribution in [1.29, 1.82) is 0 Å². The summed E-state index contributed by atoms with van der Waals surface area (Å²) in [4.78, 5) is 0. The summed E-state index contributed by atoms with van der Waals surface area (Å²) in [6.07, 6.45) is 17.2. The Kier molecular flexibility index (Phi) is 9.36. The second-order valence-corrected chi connectivity index (χ2v) is 6.36. The highest BCUT2D eigenvalue weighted by Crippen LogP contribution is 2.11. The van der Waals surface area contributed by atoms with Gasteiger partial charge in [0.05, 0.1) is 0 Å². The maximum Gasteiger partial charge on any atom is 0.172 e. The average molecular weight is 276 g/mol. The highest BCUT2D eigenvalue weighted by atomic mass is 14.9. The maximum absolute atomic E-state index is 2.36. The second-order valence-electron chi connectivity index (χ2n) is 6.36. The molecule has 0 saturated carbocycles. The largest absolute Gasteiger partial charge is 0.205 e. The molecule has 0 aliphatic rings. The molecule has 0 radical (unpaired) electrons. The average Bonchev–Trinajstić information content (AvgIpc) is 2.46. The normalized spacial score (nSPS) is 11.2. The van der Waals surface area contributed by atoms with Crippen molar-refractivity contribution in [3.8, 4) is 0 Å². The van der Waals surface area contributed by atoms with E-state index >= 15 is 0 Å². The van der Waals surface area contributed by atoms with E-state index in [1.807, 2.05) is 0 Å². The minimum absolute atomic E-state index is 0.630. The van der Waals surface area contributed by atoms with Gasteiger partial charge in [-0.25, -0.2) is 4.57 Å². The summed E-state index contributed by atoms with van der Waals surface area (Å²) in [5, 5.41) is 0. The Bertz CT molecular complexity index is 343. The molecule has 0 saturated heterocycles. The van der Waals surface area contributed by atoms with Crippen molar-refractivity contribution in [3.63, 3.8) is 0 Å². The Morgan fingerprint density at radius 3 is 2.10 bits per heavy atom. The fraction of sp³-hybridized carbons (Fsp3) is 0.737. The predicted molar refractivity (Wildman–Crippen MR) is 88.0 cm³/mol. The fourth-order valence-corrected chi connectivity index (χ4v) is 2.63. The molecular formula is C19H34N+. The molecule has 0 aliphatic carbocycles. The number of hydrogen-bond acceptors (Lipinski definition) is 0. The van der Waals surface area contributed by atoms with Crippen LogP contribution in [0.2, 0.25) is 0 Å². The fourth-order valence-electron chi connectivity index (χ4n) is 2.63. The molecule has 0 aromatic carbocycles. The van der Waals surface area contributed by atoms with Crippen molar-refractivity contribution in [2.24, 2.45) is 0 Å². The first-order valence-electron chi connectivity index (χ1n) is 8.73. The van der Waals surface area contributed by atoms with E-state index in [2.05, 4.69) is 49.9 Å². The van der Waals surface area contributed by atoms with E-state index in [9.17, 15) is 0 Å².